The van der Waals surface area contributed by atoms with Crippen LogP contribution in [0.25, 0.3) is 123 Å². The van der Waals surface area contributed by atoms with Gasteiger partial charge in [0.25, 0.3) is 0 Å². The lowest BCUT2D eigenvalue weighted by Crippen LogP contribution is -2.37. The van der Waals surface area contributed by atoms with Crippen LogP contribution in [0, 0.1) is 61.2 Å². The first-order valence-corrected chi connectivity index (χ1v) is 47.0. The van der Waals surface area contributed by atoms with Crippen LogP contribution >= 0.6 is 22.7 Å². The molecule has 1 aliphatic carbocycles. The largest absolute Gasteiger partial charge is 0.309 e. The Hall–Kier alpha value is -12.9. The Morgan fingerprint density at radius 3 is 1.31 bits per heavy atom. The van der Waals surface area contributed by atoms with Crippen molar-refractivity contribution in [1.82, 2.24) is 4.57 Å². The van der Waals surface area contributed by atoms with Gasteiger partial charge in [-0.1, -0.05) is 407 Å². The number of aryl methyl sites for hydroxylation is 7. The normalized spacial score (nSPS) is 11.5. The molecule has 0 unspecified atom stereocenters. The molecule has 0 aliphatic heterocycles. The SMILES string of the molecule is Cc1c(F)cc(-c2ccccc2)cc1-c1ccccc1.Cc1ccc(-c2ccccc2)cc1.Cc1ccc([Si](C)(C)C)cc1.Cc1ccc2c(c1)C(C)(C)c1ccccc1-2.Cc1ccc2c(c1)c1ccccc1n2-c1ccccc1.Cc1ccc2c(c1)sc1ccccc12.Cc1cccc2c1sc1ccccc12.Cc1ccccc1-c1ccccc1. The molecule has 1 aliphatic rings. The number of thiophene rings is 2. The first-order chi connectivity index (χ1) is 58.6. The monoisotopic (exact) mass is 1620 g/mol. The molecule has 21 rings (SSSR count). The zero-order chi connectivity index (χ0) is 84.6. The summed E-state index contributed by atoms with van der Waals surface area (Å²) in [5, 5.41) is 9.73. The Kier molecular flexibility index (Phi) is 27.2. The number of benzene rings is 17. The lowest BCUT2D eigenvalue weighted by Gasteiger charge is -2.21. The summed E-state index contributed by atoms with van der Waals surface area (Å²) < 4.78 is 22.1. The number of hydrogen-bond acceptors (Lipinski definition) is 2. The molecule has 3 heterocycles. The number of aromatic nitrogens is 1. The fraction of sp³-hybridized carbons (Fsp3) is 0.121. The standard InChI is InChI=1S/C19H15F.C19H15N.C16H16.2C13H10S.2C13H12.C10H16Si/c1-14-18(16-10-6-3-7-11-16)12-17(13-19(14)20)15-8-4-2-5-9-15;1-14-11-12-19-17(13-14)16-9-5-6-10-18(16)20(19)15-7-3-2-4-8-15;1-11-8-9-13-12-6-4-5-7-14(12)16(2,3)15(13)10-11;1-9-5-4-7-11-10-6-2-3-8-12(10)14-13(9)11;1-9-6-7-11-10-4-2-3-5-12(10)14-13(11)8-9;1-11-7-5-6-10-13(11)12-8-3-2-4-9-12;1-11-7-9-13(10-8-11)12-5-3-2-4-6-12;1-9-5-7-10(8-6-9)11(2,3)4/h2*2-13H,1H3;4-10H,1-3H3;2*2-8H,1H3;2*2-10H,1H3;5-8H,1-4H3. The van der Waals surface area contributed by atoms with E-state index < -0.39 is 8.07 Å². The summed E-state index contributed by atoms with van der Waals surface area (Å²) in [5.41, 5.74) is 28.8. The number of hydrogen-bond donors (Lipinski definition) is 0. The smallest absolute Gasteiger partial charge is 0.127 e. The second-order valence-corrected chi connectivity index (χ2v) is 40.2. The minimum atomic E-state index is -1.06. The van der Waals surface area contributed by atoms with Gasteiger partial charge >= 0.3 is 0 Å². The van der Waals surface area contributed by atoms with E-state index in [2.05, 4.69) is 414 Å². The molecule has 5 heteroatoms. The van der Waals surface area contributed by atoms with E-state index in [1.165, 1.54) is 151 Å². The van der Waals surface area contributed by atoms with E-state index in [1.54, 1.807) is 11.3 Å². The summed E-state index contributed by atoms with van der Waals surface area (Å²) in [7, 11) is -1.06. The molecule has 1 nitrogen and oxygen atoms in total. The maximum absolute atomic E-state index is 14.2. The van der Waals surface area contributed by atoms with Gasteiger partial charge < -0.3 is 4.57 Å². The van der Waals surface area contributed by atoms with E-state index in [9.17, 15) is 4.39 Å². The number of nitrogens with zero attached hydrogens (tertiary/aromatic N) is 1. The molecule has 0 N–H and O–H groups in total. The first-order valence-electron chi connectivity index (χ1n) is 41.9. The summed E-state index contributed by atoms with van der Waals surface area (Å²) in [6.07, 6.45) is 0. The van der Waals surface area contributed by atoms with Gasteiger partial charge in [0.05, 0.1) is 19.1 Å². The Morgan fingerprint density at radius 2 is 0.686 bits per heavy atom. The topological polar surface area (TPSA) is 4.93 Å². The molecule has 0 spiro atoms. The maximum Gasteiger partial charge on any atom is 0.127 e. The molecule has 0 bridgehead atoms. The van der Waals surface area contributed by atoms with Crippen molar-refractivity contribution in [3.8, 4) is 61.3 Å². The van der Waals surface area contributed by atoms with E-state index in [4.69, 9.17) is 0 Å². The Morgan fingerprint density at radius 1 is 0.264 bits per heavy atom. The highest BCUT2D eigenvalue weighted by Gasteiger charge is 2.35. The van der Waals surface area contributed by atoms with Crippen molar-refractivity contribution in [3.05, 3.63) is 468 Å². The van der Waals surface area contributed by atoms with Crippen LogP contribution in [0.15, 0.2) is 406 Å². The van der Waals surface area contributed by atoms with E-state index in [0.29, 0.717) is 5.56 Å². The Bertz CT molecular complexity index is 6830. The van der Waals surface area contributed by atoms with Gasteiger partial charge in [-0.25, -0.2) is 4.39 Å². The average molecular weight is 1630 g/mol. The third-order valence-electron chi connectivity index (χ3n) is 22.6. The molecule has 0 atom stereocenters. The van der Waals surface area contributed by atoms with E-state index in [1.807, 2.05) is 102 Å². The van der Waals surface area contributed by atoms with E-state index in [0.717, 1.165) is 22.3 Å². The van der Waals surface area contributed by atoms with Crippen LogP contribution in [0.2, 0.25) is 19.6 Å². The molecule has 0 radical (unpaired) electrons. The molecule has 20 aromatic rings. The summed E-state index contributed by atoms with van der Waals surface area (Å²) >= 11 is 3.76. The summed E-state index contributed by atoms with van der Waals surface area (Å²) in [6, 6.07) is 142. The number of rotatable bonds is 6. The first kappa shape index (κ1) is 84.6. The highest BCUT2D eigenvalue weighted by molar-refractivity contribution is 7.26. The van der Waals surface area contributed by atoms with Crippen molar-refractivity contribution in [2.45, 2.75) is 94.3 Å². The van der Waals surface area contributed by atoms with Crippen LogP contribution in [-0.2, 0) is 5.41 Å². The molecule has 0 fully saturated rings. The van der Waals surface area contributed by atoms with Gasteiger partial charge in [-0.2, -0.15) is 0 Å². The summed E-state index contributed by atoms with van der Waals surface area (Å²) in [6.45, 7) is 28.6. The third-order valence-corrected chi connectivity index (χ3v) is 27.1. The fourth-order valence-electron chi connectivity index (χ4n) is 15.8. The molecule has 598 valence electrons. The number of halogens is 1. The highest BCUT2D eigenvalue weighted by Crippen LogP contribution is 2.49. The molecular weight excluding hydrogens is 1520 g/mol. The van der Waals surface area contributed by atoms with Crippen LogP contribution in [0.4, 0.5) is 4.39 Å². The predicted molar refractivity (Wildman–Crippen MR) is 532 cm³/mol. The highest BCUT2D eigenvalue weighted by atomic mass is 32.1. The van der Waals surface area contributed by atoms with Gasteiger partial charge in [0.15, 0.2) is 0 Å². The predicted octanol–water partition coefficient (Wildman–Crippen LogP) is 33.5. The summed E-state index contributed by atoms with van der Waals surface area (Å²) in [4.78, 5) is 0. The zero-order valence-corrected chi connectivity index (χ0v) is 74.5. The van der Waals surface area contributed by atoms with Crippen molar-refractivity contribution in [3.63, 3.8) is 0 Å². The van der Waals surface area contributed by atoms with Crippen molar-refractivity contribution in [2.24, 2.45) is 0 Å². The molecule has 0 amide bonds. The van der Waals surface area contributed by atoms with Crippen LogP contribution in [-0.4, -0.2) is 12.6 Å². The van der Waals surface area contributed by atoms with Crippen LogP contribution in [0.5, 0.6) is 0 Å². The van der Waals surface area contributed by atoms with Gasteiger partial charge in [0.2, 0.25) is 0 Å². The maximum atomic E-state index is 14.2. The van der Waals surface area contributed by atoms with Crippen molar-refractivity contribution < 1.29 is 4.39 Å². The molecule has 121 heavy (non-hydrogen) atoms. The van der Waals surface area contributed by atoms with Gasteiger partial charge in [-0.05, 0) is 205 Å². The second kappa shape index (κ2) is 38.9. The zero-order valence-electron chi connectivity index (χ0n) is 71.8. The average Bonchev–Trinajstić information content (AvgIpc) is 1.59. The van der Waals surface area contributed by atoms with Crippen molar-refractivity contribution in [1.29, 1.82) is 0 Å². The van der Waals surface area contributed by atoms with Gasteiger partial charge in [-0.15, -0.1) is 22.7 Å². The summed E-state index contributed by atoms with van der Waals surface area (Å²) in [5.74, 6) is -0.162. The van der Waals surface area contributed by atoms with E-state index in [-0.39, 0.29) is 11.2 Å². The molecule has 0 saturated heterocycles. The number of fused-ring (bicyclic) bond motifs is 12. The van der Waals surface area contributed by atoms with Crippen LogP contribution in [0.3, 0.4) is 0 Å². The van der Waals surface area contributed by atoms with Crippen molar-refractivity contribution >= 4 is 98.1 Å². The Labute approximate surface area is 725 Å². The van der Waals surface area contributed by atoms with Gasteiger partial charge in [0, 0.05) is 62.2 Å². The third kappa shape index (κ3) is 20.4. The van der Waals surface area contributed by atoms with Crippen LogP contribution in [0.1, 0.15) is 69.5 Å². The minimum Gasteiger partial charge on any atom is -0.309 e. The van der Waals surface area contributed by atoms with Crippen molar-refractivity contribution in [2.75, 3.05) is 0 Å². The van der Waals surface area contributed by atoms with Gasteiger partial charge in [0.1, 0.15) is 5.82 Å². The second-order valence-electron chi connectivity index (χ2n) is 33.0. The van der Waals surface area contributed by atoms with Gasteiger partial charge in [-0.3, -0.25) is 0 Å². The molecular formula is C116H106FNS2Si. The molecule has 3 aromatic heterocycles. The fourth-order valence-corrected chi connectivity index (χ4v) is 19.4. The van der Waals surface area contributed by atoms with Crippen LogP contribution < -0.4 is 5.19 Å². The molecule has 0 saturated carbocycles. The minimum absolute atomic E-state index is 0.151. The quantitative estimate of drug-likeness (QED) is 0.146. The van der Waals surface area contributed by atoms with E-state index >= 15 is 0 Å². The lowest BCUT2D eigenvalue weighted by molar-refractivity contribution is 0.619. The molecule has 17 aromatic carbocycles. The lowest BCUT2D eigenvalue weighted by atomic mass is 9.82. The number of para-hydroxylation sites is 2. The Balaban J connectivity index is 0.000000114.